The molecular formula is C11H20N4O3S. The minimum atomic E-state index is -3.47. The predicted molar refractivity (Wildman–Crippen MR) is 70.3 cm³/mol. The fourth-order valence-corrected chi connectivity index (χ4v) is 4.14. The van der Waals surface area contributed by atoms with E-state index in [1.165, 1.54) is 4.31 Å². The second-order valence-corrected chi connectivity index (χ2v) is 6.61. The zero-order chi connectivity index (χ0) is 14.0. The van der Waals surface area contributed by atoms with Crippen molar-refractivity contribution in [2.45, 2.75) is 18.7 Å². The fourth-order valence-electron chi connectivity index (χ4n) is 2.38. The Kier molecular flexibility index (Phi) is 4.24. The predicted octanol–water partition coefficient (Wildman–Crippen LogP) is -0.675. The summed E-state index contributed by atoms with van der Waals surface area (Å²) in [5.41, 5.74) is 1.09. The van der Waals surface area contributed by atoms with E-state index in [0.29, 0.717) is 49.0 Å². The van der Waals surface area contributed by atoms with Crippen LogP contribution in [0.5, 0.6) is 0 Å². The van der Waals surface area contributed by atoms with Gasteiger partial charge in [-0.2, -0.15) is 9.40 Å². The van der Waals surface area contributed by atoms with Crippen molar-refractivity contribution in [2.75, 3.05) is 39.3 Å². The lowest BCUT2D eigenvalue weighted by Crippen LogP contribution is -2.49. The minimum absolute atomic E-state index is 0.104. The van der Waals surface area contributed by atoms with Crippen LogP contribution in [0.2, 0.25) is 0 Å². The standard InChI is InChI=1S/C11H20N4O3S/c1-9-11(10(2)13-12-9)19(17,18)15-5-3-14(4-6-15)7-8-16/h16H,3-8H2,1-2H3,(H,12,13). The van der Waals surface area contributed by atoms with E-state index < -0.39 is 10.0 Å². The molecule has 1 aliphatic heterocycles. The van der Waals surface area contributed by atoms with E-state index in [0.717, 1.165) is 0 Å². The van der Waals surface area contributed by atoms with Crippen LogP contribution in [-0.4, -0.2) is 72.3 Å². The van der Waals surface area contributed by atoms with Gasteiger partial charge in [-0.1, -0.05) is 0 Å². The maximum Gasteiger partial charge on any atom is 0.246 e. The molecule has 108 valence electrons. The molecule has 1 aromatic rings. The summed E-state index contributed by atoms with van der Waals surface area (Å²) >= 11 is 0. The van der Waals surface area contributed by atoms with Gasteiger partial charge >= 0.3 is 0 Å². The van der Waals surface area contributed by atoms with E-state index in [4.69, 9.17) is 5.11 Å². The van der Waals surface area contributed by atoms with Crippen LogP contribution in [0, 0.1) is 13.8 Å². The molecule has 8 heteroatoms. The van der Waals surface area contributed by atoms with Gasteiger partial charge in [-0.05, 0) is 13.8 Å². The first-order chi connectivity index (χ1) is 8.96. The fraction of sp³-hybridized carbons (Fsp3) is 0.727. The second kappa shape index (κ2) is 5.58. The highest BCUT2D eigenvalue weighted by Gasteiger charge is 2.31. The van der Waals surface area contributed by atoms with Gasteiger partial charge in [0, 0.05) is 32.7 Å². The van der Waals surface area contributed by atoms with Crippen LogP contribution in [0.1, 0.15) is 11.4 Å². The zero-order valence-corrected chi connectivity index (χ0v) is 12.1. The van der Waals surface area contributed by atoms with Crippen LogP contribution in [0.3, 0.4) is 0 Å². The Morgan fingerprint density at radius 3 is 2.37 bits per heavy atom. The second-order valence-electron chi connectivity index (χ2n) is 4.73. The number of β-amino-alcohol motifs (C(OH)–C–C–N with tert-alkyl or cyclic N) is 1. The smallest absolute Gasteiger partial charge is 0.246 e. The van der Waals surface area contributed by atoms with E-state index in [2.05, 4.69) is 15.1 Å². The van der Waals surface area contributed by atoms with Crippen LogP contribution in [-0.2, 0) is 10.0 Å². The van der Waals surface area contributed by atoms with E-state index in [9.17, 15) is 8.42 Å². The molecule has 1 saturated heterocycles. The van der Waals surface area contributed by atoms with Crippen molar-refractivity contribution in [1.29, 1.82) is 0 Å². The topological polar surface area (TPSA) is 89.5 Å². The Morgan fingerprint density at radius 2 is 1.89 bits per heavy atom. The highest BCUT2D eigenvalue weighted by Crippen LogP contribution is 2.22. The molecule has 19 heavy (non-hydrogen) atoms. The van der Waals surface area contributed by atoms with Gasteiger partial charge in [-0.3, -0.25) is 10.00 Å². The third kappa shape index (κ3) is 2.81. The van der Waals surface area contributed by atoms with Gasteiger partial charge < -0.3 is 5.11 Å². The van der Waals surface area contributed by atoms with Crippen molar-refractivity contribution in [3.63, 3.8) is 0 Å². The molecule has 1 fully saturated rings. The lowest BCUT2D eigenvalue weighted by molar-refractivity contribution is 0.151. The normalized spacial score (nSPS) is 18.9. The Hall–Kier alpha value is -0.960. The first-order valence-electron chi connectivity index (χ1n) is 6.31. The summed E-state index contributed by atoms with van der Waals surface area (Å²) in [5.74, 6) is 0. The summed E-state index contributed by atoms with van der Waals surface area (Å²) in [4.78, 5) is 2.35. The summed E-state index contributed by atoms with van der Waals surface area (Å²) in [6.45, 7) is 6.31. The number of aliphatic hydroxyl groups excluding tert-OH is 1. The Bertz CT molecular complexity index is 513. The number of rotatable bonds is 4. The van der Waals surface area contributed by atoms with E-state index >= 15 is 0 Å². The summed E-state index contributed by atoms with van der Waals surface area (Å²) in [7, 11) is -3.47. The van der Waals surface area contributed by atoms with Crippen LogP contribution < -0.4 is 0 Å². The number of aromatic nitrogens is 2. The Balaban J connectivity index is 2.15. The number of hydrogen-bond donors (Lipinski definition) is 2. The molecule has 0 aliphatic carbocycles. The van der Waals surface area contributed by atoms with E-state index in [-0.39, 0.29) is 6.61 Å². The number of nitrogens with one attached hydrogen (secondary N) is 1. The summed E-state index contributed by atoms with van der Waals surface area (Å²) in [5, 5.41) is 15.5. The van der Waals surface area contributed by atoms with E-state index in [1.54, 1.807) is 13.8 Å². The molecule has 1 aliphatic rings. The number of H-pyrrole nitrogens is 1. The monoisotopic (exact) mass is 288 g/mol. The molecule has 0 amide bonds. The maximum atomic E-state index is 12.6. The summed E-state index contributed by atoms with van der Waals surface area (Å²) < 4.78 is 26.6. The molecule has 7 nitrogen and oxygen atoms in total. The molecule has 0 atom stereocenters. The van der Waals surface area contributed by atoms with Crippen LogP contribution in [0.15, 0.2) is 4.90 Å². The quantitative estimate of drug-likeness (QED) is 0.766. The van der Waals surface area contributed by atoms with Gasteiger partial charge in [0.15, 0.2) is 0 Å². The maximum absolute atomic E-state index is 12.6. The number of piperazine rings is 1. The largest absolute Gasteiger partial charge is 0.395 e. The van der Waals surface area contributed by atoms with Gasteiger partial charge in [0.25, 0.3) is 0 Å². The van der Waals surface area contributed by atoms with Crippen LogP contribution >= 0.6 is 0 Å². The minimum Gasteiger partial charge on any atom is -0.395 e. The number of aryl methyl sites for hydroxylation is 2. The first-order valence-corrected chi connectivity index (χ1v) is 7.75. The van der Waals surface area contributed by atoms with Gasteiger partial charge in [0.05, 0.1) is 18.0 Å². The molecule has 0 spiro atoms. The Labute approximate surface area is 113 Å². The average Bonchev–Trinajstić information content (AvgIpc) is 2.70. The van der Waals surface area contributed by atoms with Crippen molar-refractivity contribution >= 4 is 10.0 Å². The number of sulfonamides is 1. The molecule has 0 radical (unpaired) electrons. The van der Waals surface area contributed by atoms with Gasteiger partial charge in [0.1, 0.15) is 4.90 Å². The molecule has 2 heterocycles. The lowest BCUT2D eigenvalue weighted by Gasteiger charge is -2.33. The molecule has 0 bridgehead atoms. The van der Waals surface area contributed by atoms with Crippen molar-refractivity contribution in [1.82, 2.24) is 19.4 Å². The first kappa shape index (κ1) is 14.4. The number of aliphatic hydroxyl groups is 1. The number of aromatic amines is 1. The Morgan fingerprint density at radius 1 is 1.26 bits per heavy atom. The third-order valence-corrected chi connectivity index (χ3v) is 5.57. The van der Waals surface area contributed by atoms with Gasteiger partial charge in [-0.15, -0.1) is 0 Å². The van der Waals surface area contributed by atoms with Gasteiger partial charge in [-0.25, -0.2) is 8.42 Å². The molecule has 0 saturated carbocycles. The molecule has 2 rings (SSSR count). The molecule has 0 unspecified atom stereocenters. The molecule has 1 aromatic heterocycles. The van der Waals surface area contributed by atoms with Gasteiger partial charge in [0.2, 0.25) is 10.0 Å². The highest BCUT2D eigenvalue weighted by atomic mass is 32.2. The molecule has 2 N–H and O–H groups in total. The average molecular weight is 288 g/mol. The third-order valence-electron chi connectivity index (χ3n) is 3.41. The van der Waals surface area contributed by atoms with Crippen molar-refractivity contribution in [3.05, 3.63) is 11.4 Å². The molecular weight excluding hydrogens is 268 g/mol. The summed E-state index contributed by atoms with van der Waals surface area (Å²) in [6.07, 6.45) is 0. The van der Waals surface area contributed by atoms with Crippen molar-refractivity contribution < 1.29 is 13.5 Å². The van der Waals surface area contributed by atoms with Crippen molar-refractivity contribution in [2.24, 2.45) is 0 Å². The number of hydrogen-bond acceptors (Lipinski definition) is 5. The molecule has 0 aromatic carbocycles. The van der Waals surface area contributed by atoms with E-state index in [1.807, 2.05) is 0 Å². The van der Waals surface area contributed by atoms with Crippen molar-refractivity contribution in [3.8, 4) is 0 Å². The van der Waals surface area contributed by atoms with Crippen LogP contribution in [0.4, 0.5) is 0 Å². The SMILES string of the molecule is Cc1n[nH]c(C)c1S(=O)(=O)N1CCN(CCO)CC1. The summed E-state index contributed by atoms with van der Waals surface area (Å²) in [6, 6.07) is 0. The highest BCUT2D eigenvalue weighted by molar-refractivity contribution is 7.89. The number of nitrogens with zero attached hydrogens (tertiary/aromatic N) is 3. The zero-order valence-electron chi connectivity index (χ0n) is 11.3. The van der Waals surface area contributed by atoms with Crippen LogP contribution in [0.25, 0.3) is 0 Å². The lowest BCUT2D eigenvalue weighted by atomic mass is 10.4.